The first-order chi connectivity index (χ1) is 10.2. The van der Waals surface area contributed by atoms with Crippen molar-refractivity contribution < 1.29 is 10.2 Å². The Labute approximate surface area is 135 Å². The summed E-state index contributed by atoms with van der Waals surface area (Å²) >= 11 is 0. The quantitative estimate of drug-likeness (QED) is 0.705. The average Bonchev–Trinajstić information content (AvgIpc) is 2.68. The number of fused-ring (bicyclic) bond motifs is 1. The van der Waals surface area contributed by atoms with Gasteiger partial charge >= 0.3 is 0 Å². The van der Waals surface area contributed by atoms with E-state index in [1.807, 2.05) is 6.92 Å². The zero-order valence-electron chi connectivity index (χ0n) is 14.6. The van der Waals surface area contributed by atoms with Crippen molar-refractivity contribution in [3.63, 3.8) is 0 Å². The Morgan fingerprint density at radius 3 is 2.68 bits per heavy atom. The molecule has 4 atom stereocenters. The van der Waals surface area contributed by atoms with Crippen molar-refractivity contribution in [3.05, 3.63) is 35.5 Å². The molecule has 2 N–H and O–H groups in total. The standard InChI is InChI=1S/C20H32O2/c1-13(2)17-12-18-16(9-10-20(18,5)22)15(4)8-6-7-14(3)11-19(17)21/h7,12-13,16,18-19,21-22H,4,6,8-11H2,1-3,5H3/b14-7+,17-12+/t16-,18-,19-,20-/m0/s1. The Morgan fingerprint density at radius 2 is 2.05 bits per heavy atom. The molecule has 0 bridgehead atoms. The first kappa shape index (κ1) is 17.5. The molecule has 0 aromatic rings. The van der Waals surface area contributed by atoms with Crippen molar-refractivity contribution in [3.8, 4) is 0 Å². The van der Waals surface area contributed by atoms with E-state index < -0.39 is 11.7 Å². The van der Waals surface area contributed by atoms with E-state index in [9.17, 15) is 10.2 Å². The van der Waals surface area contributed by atoms with Crippen molar-refractivity contribution in [2.75, 3.05) is 0 Å². The molecule has 0 amide bonds. The van der Waals surface area contributed by atoms with Gasteiger partial charge in [0.1, 0.15) is 0 Å². The first-order valence-electron chi connectivity index (χ1n) is 8.67. The molecule has 1 fully saturated rings. The second-order valence-corrected chi connectivity index (χ2v) is 7.82. The topological polar surface area (TPSA) is 40.5 Å². The van der Waals surface area contributed by atoms with E-state index in [2.05, 4.69) is 39.5 Å². The molecule has 1 saturated carbocycles. The molecular weight excluding hydrogens is 272 g/mol. The van der Waals surface area contributed by atoms with E-state index in [1.54, 1.807) is 0 Å². The highest BCUT2D eigenvalue weighted by Gasteiger charge is 2.43. The lowest BCUT2D eigenvalue weighted by Gasteiger charge is -2.30. The molecule has 2 aliphatic carbocycles. The van der Waals surface area contributed by atoms with Crippen LogP contribution in [0.15, 0.2) is 35.5 Å². The van der Waals surface area contributed by atoms with Crippen LogP contribution in [0.2, 0.25) is 0 Å². The van der Waals surface area contributed by atoms with Gasteiger partial charge in [0, 0.05) is 5.92 Å². The Hall–Kier alpha value is -0.860. The number of rotatable bonds is 1. The van der Waals surface area contributed by atoms with E-state index >= 15 is 0 Å². The third-order valence-corrected chi connectivity index (χ3v) is 5.53. The van der Waals surface area contributed by atoms with Gasteiger partial charge in [-0.2, -0.15) is 0 Å². The summed E-state index contributed by atoms with van der Waals surface area (Å²) in [5, 5.41) is 21.5. The Morgan fingerprint density at radius 1 is 1.36 bits per heavy atom. The lowest BCUT2D eigenvalue weighted by Crippen LogP contribution is -2.32. The molecule has 22 heavy (non-hydrogen) atoms. The zero-order valence-corrected chi connectivity index (χ0v) is 14.6. The van der Waals surface area contributed by atoms with Crippen LogP contribution in [0, 0.1) is 17.8 Å². The summed E-state index contributed by atoms with van der Waals surface area (Å²) in [5.41, 5.74) is 2.87. The van der Waals surface area contributed by atoms with Crippen molar-refractivity contribution in [2.24, 2.45) is 17.8 Å². The predicted octanol–water partition coefficient (Wildman–Crippen LogP) is 4.39. The minimum atomic E-state index is -0.690. The molecule has 2 rings (SSSR count). The van der Waals surface area contributed by atoms with Crippen molar-refractivity contribution in [2.45, 2.75) is 71.5 Å². The van der Waals surface area contributed by atoms with E-state index in [4.69, 9.17) is 0 Å². The van der Waals surface area contributed by atoms with Gasteiger partial charge in [0.25, 0.3) is 0 Å². The molecule has 0 spiro atoms. The van der Waals surface area contributed by atoms with Crippen LogP contribution in [0.5, 0.6) is 0 Å². The fourth-order valence-corrected chi connectivity index (χ4v) is 4.07. The lowest BCUT2D eigenvalue weighted by atomic mass is 9.79. The second-order valence-electron chi connectivity index (χ2n) is 7.82. The second kappa shape index (κ2) is 6.72. The maximum atomic E-state index is 10.8. The Bertz CT molecular complexity index is 482. The molecular formula is C20H32O2. The highest BCUT2D eigenvalue weighted by Crippen LogP contribution is 2.46. The van der Waals surface area contributed by atoms with Crippen LogP contribution in [0.3, 0.4) is 0 Å². The van der Waals surface area contributed by atoms with Gasteiger partial charge in [0.15, 0.2) is 0 Å². The zero-order chi connectivity index (χ0) is 16.5. The van der Waals surface area contributed by atoms with Crippen LogP contribution in [0.4, 0.5) is 0 Å². The third-order valence-electron chi connectivity index (χ3n) is 5.53. The van der Waals surface area contributed by atoms with Crippen LogP contribution in [0.25, 0.3) is 0 Å². The molecule has 0 heterocycles. The highest BCUT2D eigenvalue weighted by atomic mass is 16.3. The third kappa shape index (κ3) is 3.72. The molecule has 0 aromatic heterocycles. The molecule has 0 aliphatic heterocycles. The minimum Gasteiger partial charge on any atom is -0.390 e. The highest BCUT2D eigenvalue weighted by molar-refractivity contribution is 5.24. The van der Waals surface area contributed by atoms with Crippen molar-refractivity contribution in [1.82, 2.24) is 0 Å². The number of hydrogen-bond donors (Lipinski definition) is 2. The molecule has 2 nitrogen and oxygen atoms in total. The summed E-state index contributed by atoms with van der Waals surface area (Å²) in [7, 11) is 0. The van der Waals surface area contributed by atoms with Crippen LogP contribution >= 0.6 is 0 Å². The van der Waals surface area contributed by atoms with E-state index in [0.29, 0.717) is 12.3 Å². The number of aliphatic hydroxyl groups is 2. The summed E-state index contributed by atoms with van der Waals surface area (Å²) in [4.78, 5) is 0. The van der Waals surface area contributed by atoms with Gasteiger partial charge in [-0.3, -0.25) is 0 Å². The fourth-order valence-electron chi connectivity index (χ4n) is 4.07. The summed E-state index contributed by atoms with van der Waals surface area (Å²) < 4.78 is 0. The largest absolute Gasteiger partial charge is 0.390 e. The van der Waals surface area contributed by atoms with Gasteiger partial charge in [-0.1, -0.05) is 43.7 Å². The van der Waals surface area contributed by atoms with Gasteiger partial charge < -0.3 is 10.2 Å². The monoisotopic (exact) mass is 304 g/mol. The summed E-state index contributed by atoms with van der Waals surface area (Å²) in [5.74, 6) is 0.696. The molecule has 0 radical (unpaired) electrons. The fraction of sp³-hybridized carbons (Fsp3) is 0.700. The van der Waals surface area contributed by atoms with Crippen LogP contribution in [-0.2, 0) is 0 Å². The van der Waals surface area contributed by atoms with Gasteiger partial charge in [-0.25, -0.2) is 0 Å². The number of allylic oxidation sites excluding steroid dienone is 2. The van der Waals surface area contributed by atoms with Crippen molar-refractivity contribution >= 4 is 0 Å². The molecule has 0 saturated heterocycles. The van der Waals surface area contributed by atoms with Crippen LogP contribution < -0.4 is 0 Å². The normalized spacial score (nSPS) is 42.1. The van der Waals surface area contributed by atoms with Crippen LogP contribution in [0.1, 0.15) is 59.8 Å². The maximum Gasteiger partial charge on any atom is 0.0789 e. The predicted molar refractivity (Wildman–Crippen MR) is 92.5 cm³/mol. The van der Waals surface area contributed by atoms with Crippen LogP contribution in [-0.4, -0.2) is 21.9 Å². The average molecular weight is 304 g/mol. The molecule has 2 aliphatic rings. The SMILES string of the molecule is C=C1CC/C=C(\C)C[C@H](O)/C(C(C)C)=C/[C@H]2[C@H]1CC[C@]2(C)O. The number of aliphatic hydroxyl groups excluding tert-OH is 1. The molecule has 124 valence electrons. The first-order valence-corrected chi connectivity index (χ1v) is 8.67. The summed E-state index contributed by atoms with van der Waals surface area (Å²) in [6.07, 6.45) is 8.44. The molecule has 0 aromatic carbocycles. The summed E-state index contributed by atoms with van der Waals surface area (Å²) in [6, 6.07) is 0. The Balaban J connectivity index is 2.44. The van der Waals surface area contributed by atoms with Gasteiger partial charge in [-0.15, -0.1) is 0 Å². The number of hydrogen-bond acceptors (Lipinski definition) is 2. The van der Waals surface area contributed by atoms with Crippen molar-refractivity contribution in [1.29, 1.82) is 0 Å². The summed E-state index contributed by atoms with van der Waals surface area (Å²) in [6.45, 7) is 12.6. The van der Waals surface area contributed by atoms with Gasteiger partial charge in [0.2, 0.25) is 0 Å². The molecule has 2 heteroatoms. The smallest absolute Gasteiger partial charge is 0.0789 e. The van der Waals surface area contributed by atoms with E-state index in [-0.39, 0.29) is 11.8 Å². The van der Waals surface area contributed by atoms with E-state index in [1.165, 1.54) is 11.1 Å². The Kier molecular flexibility index (Phi) is 5.34. The van der Waals surface area contributed by atoms with Gasteiger partial charge in [0.05, 0.1) is 11.7 Å². The minimum absolute atomic E-state index is 0.0745. The van der Waals surface area contributed by atoms with Gasteiger partial charge in [-0.05, 0) is 63.4 Å². The maximum absolute atomic E-state index is 10.8. The van der Waals surface area contributed by atoms with E-state index in [0.717, 1.165) is 31.3 Å². The molecule has 0 unspecified atom stereocenters. The lowest BCUT2D eigenvalue weighted by molar-refractivity contribution is 0.0319.